The SMILES string of the molecule is O=C(Cc1cccc(OC(F)(F)F)c1)Nc1ccc(CCO)cc1. The van der Waals surface area contributed by atoms with Gasteiger partial charge in [-0.1, -0.05) is 24.3 Å². The third-order valence-corrected chi connectivity index (χ3v) is 3.13. The zero-order valence-corrected chi connectivity index (χ0v) is 12.6. The van der Waals surface area contributed by atoms with Crippen molar-refractivity contribution >= 4 is 11.6 Å². The number of nitrogens with one attached hydrogen (secondary N) is 1. The first kappa shape index (κ1) is 17.8. The maximum absolute atomic E-state index is 12.2. The highest BCUT2D eigenvalue weighted by Gasteiger charge is 2.31. The summed E-state index contributed by atoms with van der Waals surface area (Å²) in [6.07, 6.45) is -4.31. The molecule has 0 radical (unpaired) electrons. The molecule has 0 unspecified atom stereocenters. The van der Waals surface area contributed by atoms with E-state index >= 15 is 0 Å². The highest BCUT2D eigenvalue weighted by molar-refractivity contribution is 5.92. The van der Waals surface area contributed by atoms with Crippen LogP contribution in [0.3, 0.4) is 0 Å². The van der Waals surface area contributed by atoms with E-state index in [-0.39, 0.29) is 24.7 Å². The average Bonchev–Trinajstić information content (AvgIpc) is 2.48. The predicted octanol–water partition coefficient (Wildman–Crippen LogP) is 3.30. The molecule has 0 aromatic heterocycles. The summed E-state index contributed by atoms with van der Waals surface area (Å²) in [6, 6.07) is 12.3. The van der Waals surface area contributed by atoms with E-state index in [4.69, 9.17) is 5.11 Å². The normalized spacial score (nSPS) is 11.2. The van der Waals surface area contributed by atoms with Crippen LogP contribution < -0.4 is 10.1 Å². The predicted molar refractivity (Wildman–Crippen MR) is 82.7 cm³/mol. The maximum Gasteiger partial charge on any atom is 0.573 e. The molecule has 1 amide bonds. The molecule has 0 aliphatic rings. The van der Waals surface area contributed by atoms with E-state index in [1.807, 2.05) is 0 Å². The van der Waals surface area contributed by atoms with Gasteiger partial charge in [-0.25, -0.2) is 0 Å². The Hall–Kier alpha value is -2.54. The molecule has 0 saturated heterocycles. The standard InChI is InChI=1S/C17H16F3NO3/c18-17(19,20)24-15-3-1-2-13(10-15)11-16(23)21-14-6-4-12(5-7-14)8-9-22/h1-7,10,22H,8-9,11H2,(H,21,23). The van der Waals surface area contributed by atoms with E-state index in [0.717, 1.165) is 5.56 Å². The smallest absolute Gasteiger partial charge is 0.406 e. The van der Waals surface area contributed by atoms with Gasteiger partial charge in [0.15, 0.2) is 0 Å². The monoisotopic (exact) mass is 339 g/mol. The van der Waals surface area contributed by atoms with Gasteiger partial charge in [0.2, 0.25) is 5.91 Å². The number of benzene rings is 2. The van der Waals surface area contributed by atoms with E-state index < -0.39 is 6.36 Å². The molecule has 0 atom stereocenters. The number of carbonyl (C=O) groups excluding carboxylic acids is 1. The van der Waals surface area contributed by atoms with Crippen LogP contribution in [0.25, 0.3) is 0 Å². The van der Waals surface area contributed by atoms with Crippen molar-refractivity contribution in [1.29, 1.82) is 0 Å². The second kappa shape index (κ2) is 7.83. The first-order valence-corrected chi connectivity index (χ1v) is 7.20. The molecule has 2 N–H and O–H groups in total. The molecule has 7 heteroatoms. The van der Waals surface area contributed by atoms with Crippen molar-refractivity contribution in [2.45, 2.75) is 19.2 Å². The zero-order valence-electron chi connectivity index (χ0n) is 12.6. The van der Waals surface area contributed by atoms with E-state index in [1.165, 1.54) is 18.2 Å². The number of aliphatic hydroxyl groups excluding tert-OH is 1. The van der Waals surface area contributed by atoms with Gasteiger partial charge in [0.25, 0.3) is 0 Å². The Morgan fingerprint density at radius 3 is 2.42 bits per heavy atom. The Kier molecular flexibility index (Phi) is 5.81. The van der Waals surface area contributed by atoms with Crippen LogP contribution in [0.5, 0.6) is 5.75 Å². The molecular formula is C17H16F3NO3. The molecule has 0 saturated carbocycles. The first-order chi connectivity index (χ1) is 11.4. The Labute approximate surface area is 136 Å². The van der Waals surface area contributed by atoms with Gasteiger partial charge in [-0.2, -0.15) is 0 Å². The molecule has 0 spiro atoms. The quantitative estimate of drug-likeness (QED) is 0.849. The van der Waals surface area contributed by atoms with Gasteiger partial charge in [0.05, 0.1) is 6.42 Å². The van der Waals surface area contributed by atoms with Crippen LogP contribution in [0.1, 0.15) is 11.1 Å². The minimum Gasteiger partial charge on any atom is -0.406 e. The Balaban J connectivity index is 1.95. The molecule has 0 heterocycles. The highest BCUT2D eigenvalue weighted by atomic mass is 19.4. The lowest BCUT2D eigenvalue weighted by atomic mass is 10.1. The van der Waals surface area contributed by atoms with Crippen molar-refractivity contribution < 1.29 is 27.8 Å². The number of hydrogen-bond acceptors (Lipinski definition) is 3. The third-order valence-electron chi connectivity index (χ3n) is 3.13. The van der Waals surface area contributed by atoms with Crippen LogP contribution in [0.15, 0.2) is 48.5 Å². The minimum absolute atomic E-state index is 0.0437. The Bertz CT molecular complexity index is 684. The summed E-state index contributed by atoms with van der Waals surface area (Å²) in [6.45, 7) is 0.0437. The second-order valence-corrected chi connectivity index (χ2v) is 5.09. The van der Waals surface area contributed by atoms with Crippen LogP contribution in [-0.2, 0) is 17.6 Å². The van der Waals surface area contributed by atoms with Crippen molar-refractivity contribution in [2.75, 3.05) is 11.9 Å². The van der Waals surface area contributed by atoms with Gasteiger partial charge in [-0.15, -0.1) is 13.2 Å². The van der Waals surface area contributed by atoms with Crippen LogP contribution in [-0.4, -0.2) is 24.0 Å². The van der Waals surface area contributed by atoms with Crippen molar-refractivity contribution in [3.8, 4) is 5.75 Å². The van der Waals surface area contributed by atoms with E-state index in [0.29, 0.717) is 17.7 Å². The van der Waals surface area contributed by atoms with Crippen LogP contribution >= 0.6 is 0 Å². The largest absolute Gasteiger partial charge is 0.573 e. The summed E-state index contributed by atoms with van der Waals surface area (Å²) in [4.78, 5) is 12.0. The molecule has 2 rings (SSSR count). The summed E-state index contributed by atoms with van der Waals surface area (Å²) in [7, 11) is 0. The van der Waals surface area contributed by atoms with Crippen molar-refractivity contribution in [3.05, 3.63) is 59.7 Å². The third kappa shape index (κ3) is 5.92. The first-order valence-electron chi connectivity index (χ1n) is 7.20. The van der Waals surface area contributed by atoms with Gasteiger partial charge in [0, 0.05) is 12.3 Å². The van der Waals surface area contributed by atoms with Crippen LogP contribution in [0.2, 0.25) is 0 Å². The van der Waals surface area contributed by atoms with E-state index in [9.17, 15) is 18.0 Å². The van der Waals surface area contributed by atoms with Gasteiger partial charge in [-0.05, 0) is 41.8 Å². The number of ether oxygens (including phenoxy) is 1. The zero-order chi connectivity index (χ0) is 17.6. The van der Waals surface area contributed by atoms with Crippen molar-refractivity contribution in [1.82, 2.24) is 0 Å². The summed E-state index contributed by atoms with van der Waals surface area (Å²) >= 11 is 0. The molecule has 2 aromatic carbocycles. The fourth-order valence-corrected chi connectivity index (χ4v) is 2.13. The number of anilines is 1. The number of aliphatic hydroxyl groups is 1. The number of amides is 1. The molecule has 0 bridgehead atoms. The fourth-order valence-electron chi connectivity index (χ4n) is 2.13. The second-order valence-electron chi connectivity index (χ2n) is 5.09. The Morgan fingerprint density at radius 1 is 1.08 bits per heavy atom. The fraction of sp³-hybridized carbons (Fsp3) is 0.235. The Morgan fingerprint density at radius 2 is 1.79 bits per heavy atom. The summed E-state index contributed by atoms with van der Waals surface area (Å²) in [5.74, 6) is -0.713. The van der Waals surface area contributed by atoms with Crippen molar-refractivity contribution in [3.63, 3.8) is 0 Å². The lowest BCUT2D eigenvalue weighted by molar-refractivity contribution is -0.274. The average molecular weight is 339 g/mol. The summed E-state index contributed by atoms with van der Waals surface area (Å²) in [5, 5.41) is 11.5. The van der Waals surface area contributed by atoms with Gasteiger partial charge < -0.3 is 15.2 Å². The van der Waals surface area contributed by atoms with Gasteiger partial charge >= 0.3 is 6.36 Å². The topological polar surface area (TPSA) is 58.6 Å². The molecule has 24 heavy (non-hydrogen) atoms. The molecule has 0 aliphatic carbocycles. The number of halogens is 3. The van der Waals surface area contributed by atoms with E-state index in [1.54, 1.807) is 30.3 Å². The maximum atomic E-state index is 12.2. The molecule has 0 fully saturated rings. The number of hydrogen-bond donors (Lipinski definition) is 2. The number of alkyl halides is 3. The summed E-state index contributed by atoms with van der Waals surface area (Å²) in [5.41, 5.74) is 1.92. The highest BCUT2D eigenvalue weighted by Crippen LogP contribution is 2.23. The molecule has 0 aliphatic heterocycles. The lowest BCUT2D eigenvalue weighted by Crippen LogP contribution is -2.18. The van der Waals surface area contributed by atoms with Gasteiger partial charge in [0.1, 0.15) is 5.75 Å². The number of rotatable bonds is 6. The van der Waals surface area contributed by atoms with Gasteiger partial charge in [-0.3, -0.25) is 4.79 Å². The van der Waals surface area contributed by atoms with Crippen LogP contribution in [0, 0.1) is 0 Å². The summed E-state index contributed by atoms with van der Waals surface area (Å²) < 4.78 is 40.4. The molecule has 2 aromatic rings. The van der Waals surface area contributed by atoms with Crippen molar-refractivity contribution in [2.24, 2.45) is 0 Å². The number of carbonyl (C=O) groups is 1. The van der Waals surface area contributed by atoms with E-state index in [2.05, 4.69) is 10.1 Å². The molecular weight excluding hydrogens is 323 g/mol. The minimum atomic E-state index is -4.77. The van der Waals surface area contributed by atoms with Crippen LogP contribution in [0.4, 0.5) is 18.9 Å². The molecule has 128 valence electrons. The lowest BCUT2D eigenvalue weighted by Gasteiger charge is -2.10. The molecule has 4 nitrogen and oxygen atoms in total.